The van der Waals surface area contributed by atoms with Gasteiger partial charge in [-0.2, -0.15) is 0 Å². The number of anilines is 1. The molecule has 0 radical (unpaired) electrons. The Kier molecular flexibility index (Phi) is 6.09. The van der Waals surface area contributed by atoms with Gasteiger partial charge in [0, 0.05) is 19.7 Å². The number of esters is 1. The molecule has 0 saturated heterocycles. The normalized spacial score (nSPS) is 11.4. The average Bonchev–Trinajstić information content (AvgIpc) is 3.27. The number of likely N-dealkylation sites (N-methyl/N-ethyl adjacent to an activating group) is 1. The highest BCUT2D eigenvalue weighted by atomic mass is 16.5. The summed E-state index contributed by atoms with van der Waals surface area (Å²) in [5, 5.41) is 2.63. The van der Waals surface area contributed by atoms with Gasteiger partial charge in [0.15, 0.2) is 5.76 Å². The highest BCUT2D eigenvalue weighted by Crippen LogP contribution is 2.24. The molecule has 0 bridgehead atoms. The first kappa shape index (κ1) is 19.9. The van der Waals surface area contributed by atoms with Gasteiger partial charge in [-0.3, -0.25) is 9.59 Å². The van der Waals surface area contributed by atoms with E-state index in [4.69, 9.17) is 9.15 Å². The number of hydrogen-bond acceptors (Lipinski definition) is 5. The van der Waals surface area contributed by atoms with Gasteiger partial charge in [-0.1, -0.05) is 42.5 Å². The molecule has 0 spiro atoms. The fraction of sp³-hybridized carbons (Fsp3) is 0.136. The van der Waals surface area contributed by atoms with E-state index >= 15 is 0 Å². The van der Waals surface area contributed by atoms with E-state index in [0.717, 1.165) is 0 Å². The first-order valence-corrected chi connectivity index (χ1v) is 8.88. The Morgan fingerprint density at radius 1 is 0.931 bits per heavy atom. The molecule has 0 aliphatic carbocycles. The average molecular weight is 392 g/mol. The van der Waals surface area contributed by atoms with Crippen LogP contribution in [0.3, 0.4) is 0 Å². The topological polar surface area (TPSA) is 88.9 Å². The van der Waals surface area contributed by atoms with Crippen molar-refractivity contribution >= 4 is 23.5 Å². The Bertz CT molecular complexity index is 997. The number of rotatable bonds is 6. The Hall–Kier alpha value is -3.87. The lowest BCUT2D eigenvalue weighted by Gasteiger charge is -2.21. The van der Waals surface area contributed by atoms with Crippen LogP contribution in [0.25, 0.3) is 0 Å². The predicted octanol–water partition coefficient (Wildman–Crippen LogP) is 3.52. The lowest BCUT2D eigenvalue weighted by Crippen LogP contribution is -2.31. The summed E-state index contributed by atoms with van der Waals surface area (Å²) in [4.78, 5) is 39.1. The van der Waals surface area contributed by atoms with E-state index < -0.39 is 18.0 Å². The summed E-state index contributed by atoms with van der Waals surface area (Å²) in [5.41, 5.74) is 0.930. The van der Waals surface area contributed by atoms with E-state index in [1.165, 1.54) is 23.3 Å². The van der Waals surface area contributed by atoms with Gasteiger partial charge < -0.3 is 19.4 Å². The zero-order chi connectivity index (χ0) is 20.8. The van der Waals surface area contributed by atoms with Crippen LogP contribution in [-0.4, -0.2) is 36.8 Å². The summed E-state index contributed by atoms with van der Waals surface area (Å²) < 4.78 is 10.6. The van der Waals surface area contributed by atoms with E-state index in [2.05, 4.69) is 5.32 Å². The lowest BCUT2D eigenvalue weighted by atomic mass is 10.1. The summed E-state index contributed by atoms with van der Waals surface area (Å²) in [5.74, 6) is -1.50. The molecule has 29 heavy (non-hydrogen) atoms. The number of carbonyl (C=O) groups is 3. The number of ether oxygens (including phenoxy) is 1. The molecular formula is C22H20N2O5. The van der Waals surface area contributed by atoms with E-state index in [-0.39, 0.29) is 22.9 Å². The van der Waals surface area contributed by atoms with Crippen molar-refractivity contribution in [2.75, 3.05) is 19.4 Å². The summed E-state index contributed by atoms with van der Waals surface area (Å²) in [7, 11) is 3.17. The third-order valence-electron chi connectivity index (χ3n) is 4.13. The second-order valence-corrected chi connectivity index (χ2v) is 6.41. The van der Waals surface area contributed by atoms with Crippen molar-refractivity contribution in [3.63, 3.8) is 0 Å². The van der Waals surface area contributed by atoms with E-state index in [0.29, 0.717) is 5.56 Å². The number of para-hydroxylation sites is 1. The molecule has 7 nitrogen and oxygen atoms in total. The second-order valence-electron chi connectivity index (χ2n) is 6.41. The van der Waals surface area contributed by atoms with Gasteiger partial charge >= 0.3 is 5.97 Å². The highest BCUT2D eigenvalue weighted by molar-refractivity contribution is 6.07. The molecule has 7 heteroatoms. The number of amides is 2. The Balaban J connectivity index is 1.85. The zero-order valence-electron chi connectivity index (χ0n) is 16.0. The molecule has 0 aliphatic heterocycles. The van der Waals surface area contributed by atoms with Crippen LogP contribution in [0.15, 0.2) is 77.4 Å². The largest absolute Gasteiger partial charge is 0.459 e. The van der Waals surface area contributed by atoms with E-state index in [1.54, 1.807) is 62.6 Å². The van der Waals surface area contributed by atoms with Crippen LogP contribution >= 0.6 is 0 Å². The number of benzene rings is 2. The monoisotopic (exact) mass is 392 g/mol. The molecule has 0 unspecified atom stereocenters. The first-order chi connectivity index (χ1) is 14.0. The molecule has 0 fully saturated rings. The zero-order valence-corrected chi connectivity index (χ0v) is 16.0. The molecule has 2 aromatic carbocycles. The SMILES string of the molecule is CN(C)C(=O)[C@@H](OC(=O)c1ccccc1NC(=O)c1ccco1)c1ccccc1. The maximum absolute atomic E-state index is 12.9. The van der Waals surface area contributed by atoms with Gasteiger partial charge in [0.1, 0.15) is 0 Å². The molecule has 1 atom stereocenters. The van der Waals surface area contributed by atoms with Crippen LogP contribution in [0.4, 0.5) is 5.69 Å². The van der Waals surface area contributed by atoms with Gasteiger partial charge in [-0.25, -0.2) is 4.79 Å². The molecule has 1 N–H and O–H groups in total. The van der Waals surface area contributed by atoms with Gasteiger partial charge in [0.25, 0.3) is 11.8 Å². The molecule has 1 heterocycles. The second kappa shape index (κ2) is 8.88. The highest BCUT2D eigenvalue weighted by Gasteiger charge is 2.28. The Morgan fingerprint density at radius 2 is 1.62 bits per heavy atom. The minimum Gasteiger partial charge on any atom is -0.459 e. The number of nitrogens with zero attached hydrogens (tertiary/aromatic N) is 1. The fourth-order valence-corrected chi connectivity index (χ4v) is 2.66. The van der Waals surface area contributed by atoms with Crippen molar-refractivity contribution < 1.29 is 23.5 Å². The van der Waals surface area contributed by atoms with Crippen molar-refractivity contribution in [1.82, 2.24) is 4.90 Å². The Morgan fingerprint density at radius 3 is 2.28 bits per heavy atom. The Labute approximate surface area is 167 Å². The number of nitrogens with one attached hydrogen (secondary N) is 1. The standard InChI is InChI=1S/C22H20N2O5/c1-24(2)21(26)19(15-9-4-3-5-10-15)29-22(27)16-11-6-7-12-17(16)23-20(25)18-13-8-14-28-18/h3-14,19H,1-2H3,(H,23,25)/t19-/m0/s1. The van der Waals surface area contributed by atoms with Gasteiger partial charge in [0.05, 0.1) is 17.5 Å². The van der Waals surface area contributed by atoms with Crippen LogP contribution in [0.5, 0.6) is 0 Å². The maximum atomic E-state index is 12.9. The maximum Gasteiger partial charge on any atom is 0.341 e. The van der Waals surface area contributed by atoms with Crippen LogP contribution in [0.2, 0.25) is 0 Å². The van der Waals surface area contributed by atoms with Crippen molar-refractivity contribution in [2.45, 2.75) is 6.10 Å². The number of furan rings is 1. The van der Waals surface area contributed by atoms with Crippen molar-refractivity contribution in [3.05, 3.63) is 89.9 Å². The third-order valence-corrected chi connectivity index (χ3v) is 4.13. The van der Waals surface area contributed by atoms with E-state index in [9.17, 15) is 14.4 Å². The summed E-state index contributed by atoms with van der Waals surface area (Å²) in [6.45, 7) is 0. The van der Waals surface area contributed by atoms with Crippen molar-refractivity contribution in [1.29, 1.82) is 0 Å². The molecule has 148 valence electrons. The van der Waals surface area contributed by atoms with Gasteiger partial charge in [-0.05, 0) is 24.3 Å². The van der Waals surface area contributed by atoms with Crippen LogP contribution in [0.1, 0.15) is 32.6 Å². The molecular weight excluding hydrogens is 372 g/mol. The van der Waals surface area contributed by atoms with Crippen LogP contribution < -0.4 is 5.32 Å². The predicted molar refractivity (Wildman–Crippen MR) is 106 cm³/mol. The van der Waals surface area contributed by atoms with Crippen LogP contribution in [-0.2, 0) is 9.53 Å². The van der Waals surface area contributed by atoms with Crippen molar-refractivity contribution in [3.8, 4) is 0 Å². The molecule has 0 saturated carbocycles. The first-order valence-electron chi connectivity index (χ1n) is 8.88. The molecule has 1 aromatic heterocycles. The molecule has 3 aromatic rings. The van der Waals surface area contributed by atoms with Gasteiger partial charge in [0.2, 0.25) is 6.10 Å². The summed E-state index contributed by atoms with van der Waals surface area (Å²) in [6.07, 6.45) is 0.277. The molecule has 3 rings (SSSR count). The number of carbonyl (C=O) groups excluding carboxylic acids is 3. The van der Waals surface area contributed by atoms with Gasteiger partial charge in [-0.15, -0.1) is 0 Å². The smallest absolute Gasteiger partial charge is 0.341 e. The fourth-order valence-electron chi connectivity index (χ4n) is 2.66. The lowest BCUT2D eigenvalue weighted by molar-refractivity contribution is -0.138. The number of hydrogen-bond donors (Lipinski definition) is 1. The minimum atomic E-state index is -1.10. The minimum absolute atomic E-state index is 0.109. The molecule has 0 aliphatic rings. The third kappa shape index (κ3) is 4.70. The summed E-state index contributed by atoms with van der Waals surface area (Å²) >= 11 is 0. The van der Waals surface area contributed by atoms with E-state index in [1.807, 2.05) is 6.07 Å². The molecule has 2 amide bonds. The summed E-state index contributed by atoms with van der Waals surface area (Å²) in [6, 6.07) is 18.3. The van der Waals surface area contributed by atoms with Crippen LogP contribution in [0, 0.1) is 0 Å². The van der Waals surface area contributed by atoms with Crippen molar-refractivity contribution in [2.24, 2.45) is 0 Å². The quantitative estimate of drug-likeness (QED) is 0.649.